The summed E-state index contributed by atoms with van der Waals surface area (Å²) in [5.41, 5.74) is 9.25. The Morgan fingerprint density at radius 3 is 2.89 bits per heavy atom. The van der Waals surface area contributed by atoms with Crippen molar-refractivity contribution in [2.24, 2.45) is 5.73 Å². The number of fused-ring (bicyclic) bond motifs is 1. The van der Waals surface area contributed by atoms with Gasteiger partial charge in [-0.15, -0.1) is 0 Å². The van der Waals surface area contributed by atoms with Crippen LogP contribution in [-0.4, -0.2) is 17.6 Å². The van der Waals surface area contributed by atoms with E-state index in [2.05, 4.69) is 40.6 Å². The van der Waals surface area contributed by atoms with E-state index in [1.54, 1.807) is 0 Å². The van der Waals surface area contributed by atoms with Crippen molar-refractivity contribution in [1.82, 2.24) is 10.3 Å². The Kier molecular flexibility index (Phi) is 3.02. The SMILES string of the molecule is Cc1ccc2cc(C(CN)NC3CC3)ccc2n1. The molecule has 3 rings (SSSR count). The van der Waals surface area contributed by atoms with Crippen molar-refractivity contribution in [1.29, 1.82) is 0 Å². The molecule has 0 bridgehead atoms. The molecule has 1 unspecified atom stereocenters. The van der Waals surface area contributed by atoms with Crippen LogP contribution in [0.2, 0.25) is 0 Å². The van der Waals surface area contributed by atoms with Gasteiger partial charge in [-0.25, -0.2) is 0 Å². The van der Waals surface area contributed by atoms with Crippen LogP contribution in [0.15, 0.2) is 30.3 Å². The Morgan fingerprint density at radius 1 is 1.33 bits per heavy atom. The lowest BCUT2D eigenvalue weighted by Gasteiger charge is -2.17. The summed E-state index contributed by atoms with van der Waals surface area (Å²) in [4.78, 5) is 4.52. The van der Waals surface area contributed by atoms with E-state index in [0.29, 0.717) is 12.6 Å². The number of nitrogens with two attached hydrogens (primary N) is 1. The molecule has 0 aliphatic heterocycles. The fraction of sp³-hybridized carbons (Fsp3) is 0.400. The number of benzene rings is 1. The molecule has 0 spiro atoms. The van der Waals surface area contributed by atoms with E-state index < -0.39 is 0 Å². The second-order valence-corrected chi connectivity index (χ2v) is 5.13. The van der Waals surface area contributed by atoms with Gasteiger partial charge in [0.15, 0.2) is 0 Å². The molecule has 3 nitrogen and oxygen atoms in total. The molecule has 1 heterocycles. The lowest BCUT2D eigenvalue weighted by molar-refractivity contribution is 0.539. The highest BCUT2D eigenvalue weighted by atomic mass is 15.0. The summed E-state index contributed by atoms with van der Waals surface area (Å²) in [6.45, 7) is 2.66. The minimum Gasteiger partial charge on any atom is -0.329 e. The lowest BCUT2D eigenvalue weighted by Crippen LogP contribution is -2.29. The first-order chi connectivity index (χ1) is 8.76. The van der Waals surface area contributed by atoms with Gasteiger partial charge in [-0.3, -0.25) is 4.98 Å². The minimum atomic E-state index is 0.267. The fourth-order valence-electron chi connectivity index (χ4n) is 2.30. The van der Waals surface area contributed by atoms with Crippen molar-refractivity contribution in [3.05, 3.63) is 41.6 Å². The van der Waals surface area contributed by atoms with Gasteiger partial charge in [-0.2, -0.15) is 0 Å². The zero-order chi connectivity index (χ0) is 12.5. The number of hydrogen-bond donors (Lipinski definition) is 2. The first kappa shape index (κ1) is 11.6. The number of nitrogens with zero attached hydrogens (tertiary/aromatic N) is 1. The predicted molar refractivity (Wildman–Crippen MR) is 74.4 cm³/mol. The second kappa shape index (κ2) is 4.67. The van der Waals surface area contributed by atoms with E-state index >= 15 is 0 Å². The molecule has 2 aromatic rings. The molecule has 1 aliphatic carbocycles. The topological polar surface area (TPSA) is 50.9 Å². The van der Waals surface area contributed by atoms with Gasteiger partial charge in [0, 0.05) is 29.7 Å². The smallest absolute Gasteiger partial charge is 0.0705 e. The maximum absolute atomic E-state index is 5.87. The molecule has 1 fully saturated rings. The second-order valence-electron chi connectivity index (χ2n) is 5.13. The van der Waals surface area contributed by atoms with Gasteiger partial charge < -0.3 is 11.1 Å². The largest absolute Gasteiger partial charge is 0.329 e. The molecule has 1 aliphatic rings. The van der Waals surface area contributed by atoms with E-state index in [-0.39, 0.29) is 6.04 Å². The summed E-state index contributed by atoms with van der Waals surface area (Å²) in [5, 5.41) is 4.78. The summed E-state index contributed by atoms with van der Waals surface area (Å²) in [6.07, 6.45) is 2.57. The van der Waals surface area contributed by atoms with Crippen LogP contribution in [0.4, 0.5) is 0 Å². The lowest BCUT2D eigenvalue weighted by atomic mass is 10.0. The van der Waals surface area contributed by atoms with E-state index in [9.17, 15) is 0 Å². The van der Waals surface area contributed by atoms with E-state index in [4.69, 9.17) is 5.73 Å². The summed E-state index contributed by atoms with van der Waals surface area (Å²) < 4.78 is 0. The van der Waals surface area contributed by atoms with Crippen molar-refractivity contribution in [2.45, 2.75) is 31.8 Å². The van der Waals surface area contributed by atoms with Crippen LogP contribution in [0.3, 0.4) is 0 Å². The van der Waals surface area contributed by atoms with Crippen LogP contribution < -0.4 is 11.1 Å². The van der Waals surface area contributed by atoms with Crippen molar-refractivity contribution in [3.8, 4) is 0 Å². The van der Waals surface area contributed by atoms with Crippen molar-refractivity contribution >= 4 is 10.9 Å². The molecule has 1 aromatic heterocycles. The van der Waals surface area contributed by atoms with E-state index in [1.807, 2.05) is 6.92 Å². The number of nitrogens with one attached hydrogen (secondary N) is 1. The number of pyridine rings is 1. The van der Waals surface area contributed by atoms with Crippen LogP contribution >= 0.6 is 0 Å². The molecule has 0 amide bonds. The Hall–Kier alpha value is -1.45. The monoisotopic (exact) mass is 241 g/mol. The molecule has 94 valence electrons. The summed E-state index contributed by atoms with van der Waals surface area (Å²) in [7, 11) is 0. The first-order valence-corrected chi connectivity index (χ1v) is 6.59. The van der Waals surface area contributed by atoms with Crippen molar-refractivity contribution in [2.75, 3.05) is 6.54 Å². The normalized spacial score (nSPS) is 17.0. The summed E-state index contributed by atoms with van der Waals surface area (Å²) in [5.74, 6) is 0. The van der Waals surface area contributed by atoms with E-state index in [0.717, 1.165) is 11.2 Å². The molecule has 1 saturated carbocycles. The van der Waals surface area contributed by atoms with Gasteiger partial charge in [0.05, 0.1) is 5.52 Å². The van der Waals surface area contributed by atoms with Crippen LogP contribution in [0.5, 0.6) is 0 Å². The Bertz CT molecular complexity index is 561. The molecule has 0 saturated heterocycles. The summed E-state index contributed by atoms with van der Waals surface area (Å²) in [6, 6.07) is 11.6. The zero-order valence-corrected chi connectivity index (χ0v) is 10.7. The number of rotatable bonds is 4. The quantitative estimate of drug-likeness (QED) is 0.863. The van der Waals surface area contributed by atoms with Crippen molar-refractivity contribution in [3.63, 3.8) is 0 Å². The Labute approximate surface area is 107 Å². The molecule has 1 atom stereocenters. The number of aryl methyl sites for hydroxylation is 1. The maximum Gasteiger partial charge on any atom is 0.0705 e. The third-order valence-corrected chi connectivity index (χ3v) is 3.50. The van der Waals surface area contributed by atoms with Gasteiger partial charge >= 0.3 is 0 Å². The molecule has 3 N–H and O–H groups in total. The molecule has 3 heteroatoms. The van der Waals surface area contributed by atoms with Crippen molar-refractivity contribution < 1.29 is 0 Å². The van der Waals surface area contributed by atoms with Gasteiger partial charge in [-0.05, 0) is 43.5 Å². The zero-order valence-electron chi connectivity index (χ0n) is 10.7. The third kappa shape index (κ3) is 2.37. The van der Waals surface area contributed by atoms with Gasteiger partial charge in [0.1, 0.15) is 0 Å². The molecule has 1 aromatic carbocycles. The highest BCUT2D eigenvalue weighted by Gasteiger charge is 2.24. The van der Waals surface area contributed by atoms with Gasteiger partial charge in [0.25, 0.3) is 0 Å². The Morgan fingerprint density at radius 2 is 2.17 bits per heavy atom. The van der Waals surface area contributed by atoms with Crippen LogP contribution in [-0.2, 0) is 0 Å². The van der Waals surface area contributed by atoms with Crippen LogP contribution in [0.1, 0.15) is 30.1 Å². The van der Waals surface area contributed by atoms with Gasteiger partial charge in [0.2, 0.25) is 0 Å². The number of hydrogen-bond acceptors (Lipinski definition) is 3. The molecular weight excluding hydrogens is 222 g/mol. The average molecular weight is 241 g/mol. The number of aromatic nitrogens is 1. The highest BCUT2D eigenvalue weighted by molar-refractivity contribution is 5.79. The predicted octanol–water partition coefficient (Wildman–Crippen LogP) is 2.30. The minimum absolute atomic E-state index is 0.267. The first-order valence-electron chi connectivity index (χ1n) is 6.59. The maximum atomic E-state index is 5.87. The average Bonchev–Trinajstić information content (AvgIpc) is 3.19. The highest BCUT2D eigenvalue weighted by Crippen LogP contribution is 2.25. The standard InChI is InChI=1S/C15H19N3/c1-10-2-3-11-8-12(4-7-14(11)17-10)15(9-16)18-13-5-6-13/h2-4,7-8,13,15,18H,5-6,9,16H2,1H3. The molecule has 18 heavy (non-hydrogen) atoms. The molecule has 0 radical (unpaired) electrons. The molecular formula is C15H19N3. The van der Waals surface area contributed by atoms with Gasteiger partial charge in [-0.1, -0.05) is 12.1 Å². The van der Waals surface area contributed by atoms with E-state index in [1.165, 1.54) is 23.8 Å². The van der Waals surface area contributed by atoms with Crippen LogP contribution in [0, 0.1) is 6.92 Å². The Balaban J connectivity index is 1.93. The van der Waals surface area contributed by atoms with Crippen LogP contribution in [0.25, 0.3) is 10.9 Å². The summed E-state index contributed by atoms with van der Waals surface area (Å²) >= 11 is 0. The fourth-order valence-corrected chi connectivity index (χ4v) is 2.30. The third-order valence-electron chi connectivity index (χ3n) is 3.50.